The van der Waals surface area contributed by atoms with Gasteiger partial charge in [-0.15, -0.1) is 0 Å². The van der Waals surface area contributed by atoms with Crippen molar-refractivity contribution in [2.45, 2.75) is 25.6 Å². The summed E-state index contributed by atoms with van der Waals surface area (Å²) in [5, 5.41) is 12.4. The zero-order valence-electron chi connectivity index (χ0n) is 20.8. The van der Waals surface area contributed by atoms with Crippen molar-refractivity contribution in [1.82, 2.24) is 9.71 Å². The first-order valence-electron chi connectivity index (χ1n) is 12.3. The van der Waals surface area contributed by atoms with E-state index in [1.165, 1.54) is 0 Å². The highest BCUT2D eigenvalue weighted by atomic mass is 32.2. The number of rotatable bonds is 7. The van der Waals surface area contributed by atoms with Crippen LogP contribution in [0.2, 0.25) is 0 Å². The molecule has 4 aromatic rings. The van der Waals surface area contributed by atoms with Crippen LogP contribution in [-0.2, 0) is 23.1 Å². The number of aromatic nitrogens is 1. The van der Waals surface area contributed by atoms with Crippen molar-refractivity contribution in [3.63, 3.8) is 0 Å². The van der Waals surface area contributed by atoms with Crippen LogP contribution < -0.4 is 14.2 Å². The van der Waals surface area contributed by atoms with Gasteiger partial charge in [-0.1, -0.05) is 36.4 Å². The standard InChI is InChI=1S/C29H28N2O6S/c1-38(34,35)31-29(33)22-7-4-5-19(16-22)15-21-13-14-36-27-12-11-24(17-25(27)28(21)32)37-18-23-10-9-20-6-2-3-8-26(20)30-23/h2-12,16-17,21,28,32H,13-15,18H2,1H3,(H,31,33). The number of carbonyl (C=O) groups excluding carboxylic acids is 1. The van der Waals surface area contributed by atoms with Crippen molar-refractivity contribution in [3.05, 3.63) is 101 Å². The van der Waals surface area contributed by atoms with Gasteiger partial charge < -0.3 is 14.6 Å². The number of aliphatic hydroxyl groups is 1. The number of para-hydroxylation sites is 1. The molecule has 1 aromatic heterocycles. The summed E-state index contributed by atoms with van der Waals surface area (Å²) in [7, 11) is -3.67. The minimum atomic E-state index is -3.67. The van der Waals surface area contributed by atoms with Crippen LogP contribution in [0.3, 0.4) is 0 Å². The molecule has 0 bridgehead atoms. The maximum atomic E-state index is 12.3. The second-order valence-corrected chi connectivity index (χ2v) is 11.2. The van der Waals surface area contributed by atoms with Crippen molar-refractivity contribution < 1.29 is 27.8 Å². The number of benzene rings is 3. The van der Waals surface area contributed by atoms with E-state index < -0.39 is 22.0 Å². The van der Waals surface area contributed by atoms with Gasteiger partial charge in [0.1, 0.15) is 18.1 Å². The molecule has 5 rings (SSSR count). The van der Waals surface area contributed by atoms with E-state index in [4.69, 9.17) is 9.47 Å². The molecule has 2 atom stereocenters. The number of nitrogens with one attached hydrogen (secondary N) is 1. The fourth-order valence-electron chi connectivity index (χ4n) is 4.64. The molecule has 1 aliphatic rings. The third kappa shape index (κ3) is 6.12. The van der Waals surface area contributed by atoms with Gasteiger partial charge in [-0.2, -0.15) is 0 Å². The Hall–Kier alpha value is -3.95. The van der Waals surface area contributed by atoms with Crippen LogP contribution >= 0.6 is 0 Å². The van der Waals surface area contributed by atoms with Gasteiger partial charge in [0.25, 0.3) is 5.91 Å². The summed E-state index contributed by atoms with van der Waals surface area (Å²) < 4.78 is 36.8. The molecule has 2 N–H and O–H groups in total. The predicted molar refractivity (Wildman–Crippen MR) is 144 cm³/mol. The highest BCUT2D eigenvalue weighted by Gasteiger charge is 2.28. The minimum absolute atomic E-state index is 0.179. The predicted octanol–water partition coefficient (Wildman–Crippen LogP) is 4.18. The van der Waals surface area contributed by atoms with Gasteiger partial charge in [-0.25, -0.2) is 18.1 Å². The average Bonchev–Trinajstić information content (AvgIpc) is 3.05. The van der Waals surface area contributed by atoms with E-state index in [1.54, 1.807) is 30.3 Å². The highest BCUT2D eigenvalue weighted by molar-refractivity contribution is 7.89. The molecule has 38 heavy (non-hydrogen) atoms. The fraction of sp³-hybridized carbons (Fsp3) is 0.241. The summed E-state index contributed by atoms with van der Waals surface area (Å²) >= 11 is 0. The topological polar surface area (TPSA) is 115 Å². The van der Waals surface area contributed by atoms with Crippen molar-refractivity contribution in [1.29, 1.82) is 0 Å². The normalized spacial score (nSPS) is 17.2. The van der Waals surface area contributed by atoms with E-state index in [0.29, 0.717) is 36.5 Å². The first kappa shape index (κ1) is 25.7. The largest absolute Gasteiger partial charge is 0.493 e. The SMILES string of the molecule is CS(=O)(=O)NC(=O)c1cccc(CC2CCOc3ccc(OCc4ccc5ccccc5n4)cc3C2O)c1. The number of amides is 1. The molecule has 2 heterocycles. The molecule has 2 unspecified atom stereocenters. The third-order valence-electron chi connectivity index (χ3n) is 6.50. The Morgan fingerprint density at radius 3 is 2.76 bits per heavy atom. The molecule has 9 heteroatoms. The minimum Gasteiger partial charge on any atom is -0.493 e. The van der Waals surface area contributed by atoms with E-state index in [2.05, 4.69) is 4.98 Å². The number of sulfonamides is 1. The Balaban J connectivity index is 1.30. The maximum Gasteiger partial charge on any atom is 0.264 e. The van der Waals surface area contributed by atoms with Crippen LogP contribution in [0.4, 0.5) is 0 Å². The number of hydrogen-bond acceptors (Lipinski definition) is 7. The molecular weight excluding hydrogens is 504 g/mol. The Kier molecular flexibility index (Phi) is 7.31. The van der Waals surface area contributed by atoms with Crippen molar-refractivity contribution in [2.24, 2.45) is 5.92 Å². The lowest BCUT2D eigenvalue weighted by atomic mass is 9.87. The molecule has 0 saturated carbocycles. The van der Waals surface area contributed by atoms with Crippen LogP contribution in [-0.4, -0.2) is 37.3 Å². The third-order valence-corrected chi connectivity index (χ3v) is 7.06. The highest BCUT2D eigenvalue weighted by Crippen LogP contribution is 2.39. The average molecular weight is 533 g/mol. The lowest BCUT2D eigenvalue weighted by Gasteiger charge is -2.21. The molecule has 3 aromatic carbocycles. The van der Waals surface area contributed by atoms with Crippen LogP contribution in [0.5, 0.6) is 11.5 Å². The zero-order valence-corrected chi connectivity index (χ0v) is 21.6. The van der Waals surface area contributed by atoms with Crippen molar-refractivity contribution in [3.8, 4) is 11.5 Å². The van der Waals surface area contributed by atoms with Gasteiger partial charge in [-0.3, -0.25) is 4.79 Å². The number of pyridine rings is 1. The Morgan fingerprint density at radius 2 is 1.92 bits per heavy atom. The van der Waals surface area contributed by atoms with E-state index in [1.807, 2.05) is 53.3 Å². The monoisotopic (exact) mass is 532 g/mol. The van der Waals surface area contributed by atoms with Gasteiger partial charge in [0.2, 0.25) is 10.0 Å². The van der Waals surface area contributed by atoms with Gasteiger partial charge in [-0.05, 0) is 66.8 Å². The molecule has 0 saturated heterocycles. The number of fused-ring (bicyclic) bond motifs is 2. The quantitative estimate of drug-likeness (QED) is 0.367. The molecule has 0 fully saturated rings. The lowest BCUT2D eigenvalue weighted by molar-refractivity contribution is 0.0981. The summed E-state index contributed by atoms with van der Waals surface area (Å²) in [6.45, 7) is 0.719. The Morgan fingerprint density at radius 1 is 1.08 bits per heavy atom. The smallest absolute Gasteiger partial charge is 0.264 e. The van der Waals surface area contributed by atoms with Crippen LogP contribution in [0.1, 0.15) is 39.7 Å². The summed E-state index contributed by atoms with van der Waals surface area (Å²) in [5.74, 6) is 0.341. The van der Waals surface area contributed by atoms with Crippen LogP contribution in [0, 0.1) is 5.92 Å². The summed E-state index contributed by atoms with van der Waals surface area (Å²) in [5.41, 5.74) is 3.40. The van der Waals surface area contributed by atoms with Gasteiger partial charge in [0, 0.05) is 16.5 Å². The van der Waals surface area contributed by atoms with Crippen molar-refractivity contribution >= 4 is 26.8 Å². The lowest BCUT2D eigenvalue weighted by Crippen LogP contribution is -2.29. The number of hydrogen-bond donors (Lipinski definition) is 2. The maximum absolute atomic E-state index is 12.3. The van der Waals surface area contributed by atoms with Gasteiger partial charge >= 0.3 is 0 Å². The second-order valence-electron chi connectivity index (χ2n) is 9.43. The molecule has 8 nitrogen and oxygen atoms in total. The molecule has 196 valence electrons. The molecule has 0 spiro atoms. The first-order chi connectivity index (χ1) is 18.2. The van der Waals surface area contributed by atoms with Crippen LogP contribution in [0.15, 0.2) is 78.9 Å². The van der Waals surface area contributed by atoms with E-state index >= 15 is 0 Å². The first-order valence-corrected chi connectivity index (χ1v) is 14.2. The van der Waals surface area contributed by atoms with E-state index in [9.17, 15) is 18.3 Å². The summed E-state index contributed by atoms with van der Waals surface area (Å²) in [4.78, 5) is 16.9. The zero-order chi connectivity index (χ0) is 26.7. The Bertz CT molecular complexity index is 1590. The van der Waals surface area contributed by atoms with Gasteiger partial charge in [0.15, 0.2) is 0 Å². The molecule has 0 radical (unpaired) electrons. The number of aliphatic hydroxyl groups excluding tert-OH is 1. The fourth-order valence-corrected chi connectivity index (χ4v) is 5.09. The number of carbonyl (C=O) groups is 1. The van der Waals surface area contributed by atoms with Crippen LogP contribution in [0.25, 0.3) is 10.9 Å². The summed E-state index contributed by atoms with van der Waals surface area (Å²) in [6, 6.07) is 24.0. The molecule has 1 amide bonds. The van der Waals surface area contributed by atoms with Crippen molar-refractivity contribution in [2.75, 3.05) is 12.9 Å². The van der Waals surface area contributed by atoms with E-state index in [0.717, 1.165) is 28.4 Å². The molecule has 1 aliphatic heterocycles. The van der Waals surface area contributed by atoms with Gasteiger partial charge in [0.05, 0.1) is 30.2 Å². The van der Waals surface area contributed by atoms with E-state index in [-0.39, 0.29) is 18.1 Å². The number of ether oxygens (including phenoxy) is 2. The number of nitrogens with zero attached hydrogens (tertiary/aromatic N) is 1. The Labute approximate surface area is 221 Å². The summed E-state index contributed by atoms with van der Waals surface area (Å²) in [6.07, 6.45) is 1.20. The molecular formula is C29H28N2O6S. The second kappa shape index (κ2) is 10.8. The molecule has 0 aliphatic carbocycles.